The average molecular weight is 738 g/mol. The summed E-state index contributed by atoms with van der Waals surface area (Å²) in [4.78, 5) is 45.3. The van der Waals surface area contributed by atoms with Gasteiger partial charge in [-0.3, -0.25) is 9.59 Å². The van der Waals surface area contributed by atoms with E-state index in [4.69, 9.17) is 27.9 Å². The maximum atomic E-state index is 13.8. The highest BCUT2D eigenvalue weighted by Crippen LogP contribution is 2.53. The number of carbonyl (C=O) groups is 3. The van der Waals surface area contributed by atoms with Gasteiger partial charge < -0.3 is 29.9 Å². The molecule has 11 heteroatoms. The first kappa shape index (κ1) is 40.7. The van der Waals surface area contributed by atoms with Gasteiger partial charge in [-0.25, -0.2) is 4.79 Å². The smallest absolute Gasteiger partial charge is 0.322 e. The summed E-state index contributed by atoms with van der Waals surface area (Å²) in [6.45, 7) is 7.07. The lowest BCUT2D eigenvalue weighted by Gasteiger charge is -2.43. The minimum Gasteiger partial charge on any atom is -0.463 e. The van der Waals surface area contributed by atoms with Crippen molar-refractivity contribution >= 4 is 46.8 Å². The molecule has 2 heterocycles. The minimum absolute atomic E-state index is 0.124. The van der Waals surface area contributed by atoms with Crippen LogP contribution < -0.4 is 5.32 Å². The molecule has 2 aliphatic heterocycles. The lowest BCUT2D eigenvalue weighted by molar-refractivity contribution is -0.152. The number of urea groups is 1. The van der Waals surface area contributed by atoms with Crippen LogP contribution in [0.3, 0.4) is 0 Å². The third-order valence-electron chi connectivity index (χ3n) is 11.2. The van der Waals surface area contributed by atoms with Gasteiger partial charge in [0.1, 0.15) is 12.6 Å². The molecule has 1 saturated carbocycles. The first-order valence-corrected chi connectivity index (χ1v) is 20.3. The molecule has 1 aliphatic carbocycles. The lowest BCUT2D eigenvalue weighted by atomic mass is 9.90. The van der Waals surface area contributed by atoms with Gasteiger partial charge in [0.15, 0.2) is 0 Å². The number of β-amino-alcohol motifs (C(OH)–C–C–N with tert-alkyl or cyclic N) is 1. The molecule has 2 saturated heterocycles. The number of rotatable bonds is 21. The Kier molecular flexibility index (Phi) is 17.0. The Bertz CT molecular complexity index is 1230. The second kappa shape index (κ2) is 20.8. The second-order valence-corrected chi connectivity index (χ2v) is 15.8. The van der Waals surface area contributed by atoms with Crippen molar-refractivity contribution in [1.29, 1.82) is 0 Å². The van der Waals surface area contributed by atoms with E-state index in [1.54, 1.807) is 30.0 Å². The summed E-state index contributed by atoms with van der Waals surface area (Å²) in [5.74, 6) is -0.393. The summed E-state index contributed by atoms with van der Waals surface area (Å²) < 4.78 is 5.81. The molecule has 1 aromatic carbocycles. The van der Waals surface area contributed by atoms with Crippen LogP contribution in [0.15, 0.2) is 18.2 Å². The zero-order chi connectivity index (χ0) is 35.9. The number of aliphatic hydroxyl groups is 1. The van der Waals surface area contributed by atoms with Gasteiger partial charge in [0, 0.05) is 38.3 Å². The molecule has 0 unspecified atom stereocenters. The molecule has 0 bridgehead atoms. The molecular weight excluding hydrogens is 675 g/mol. The molecular formula is C39H62Cl2N4O5. The highest BCUT2D eigenvalue weighted by molar-refractivity contribution is 6.42. The highest BCUT2D eigenvalue weighted by atomic mass is 35.5. The number of nitrogens with one attached hydrogen (secondary N) is 1. The maximum Gasteiger partial charge on any atom is 0.322 e. The van der Waals surface area contributed by atoms with E-state index in [1.165, 1.54) is 69.1 Å². The molecule has 3 aliphatic rings. The highest BCUT2D eigenvalue weighted by Gasteiger charge is 2.51. The number of carbonyl (C=O) groups excluding carboxylic acids is 3. The van der Waals surface area contributed by atoms with Gasteiger partial charge in [0.05, 0.1) is 22.2 Å². The molecule has 9 nitrogen and oxygen atoms in total. The molecule has 0 radical (unpaired) electrons. The number of nitrogens with zero attached hydrogens (tertiary/aromatic N) is 3. The van der Waals surface area contributed by atoms with Crippen LogP contribution in [0.1, 0.15) is 129 Å². The van der Waals surface area contributed by atoms with Crippen molar-refractivity contribution in [2.75, 3.05) is 44.6 Å². The predicted molar refractivity (Wildman–Crippen MR) is 202 cm³/mol. The number of ether oxygens (including phenoxy) is 1. The Morgan fingerprint density at radius 2 is 1.56 bits per heavy atom. The van der Waals surface area contributed by atoms with Crippen molar-refractivity contribution in [3.05, 3.63) is 28.2 Å². The summed E-state index contributed by atoms with van der Waals surface area (Å²) in [6.07, 6.45) is 20.2. The fourth-order valence-corrected chi connectivity index (χ4v) is 7.83. The van der Waals surface area contributed by atoms with E-state index in [2.05, 4.69) is 17.1 Å². The number of unbranched alkanes of at least 4 members (excludes halogenated alkanes) is 12. The van der Waals surface area contributed by atoms with E-state index in [0.29, 0.717) is 54.8 Å². The number of piperazine rings is 1. The van der Waals surface area contributed by atoms with E-state index in [0.717, 1.165) is 45.1 Å². The number of amides is 3. The summed E-state index contributed by atoms with van der Waals surface area (Å²) in [6, 6.07) is 3.47. The van der Waals surface area contributed by atoms with Crippen LogP contribution in [0, 0.1) is 5.41 Å². The lowest BCUT2D eigenvalue weighted by Crippen LogP contribution is -2.61. The molecule has 3 atom stereocenters. The summed E-state index contributed by atoms with van der Waals surface area (Å²) in [5.41, 5.74) is 0.620. The van der Waals surface area contributed by atoms with Crippen LogP contribution in [-0.4, -0.2) is 95.2 Å². The Balaban J connectivity index is 1.21. The van der Waals surface area contributed by atoms with Crippen LogP contribution in [0.25, 0.3) is 0 Å². The SMILES string of the molecule is CCCCCCCCCCCCCCCC(=O)OC[C@H](CCN1CCC2(CC2)[C@H](O)C1)N1CCN(C(=O)Nc2ccc(Cl)c(Cl)c2)[C@@H](C)C1=O. The quantitative estimate of drug-likeness (QED) is 0.0968. The monoisotopic (exact) mass is 736 g/mol. The topological polar surface area (TPSA) is 102 Å². The number of anilines is 1. The molecule has 0 aromatic heterocycles. The van der Waals surface area contributed by atoms with E-state index in [1.807, 2.05) is 0 Å². The molecule has 4 rings (SSSR count). The normalized spacial score (nSPS) is 21.0. The number of aliphatic hydroxyl groups excluding tert-OH is 1. The van der Waals surface area contributed by atoms with Gasteiger partial charge in [-0.15, -0.1) is 0 Å². The van der Waals surface area contributed by atoms with Crippen LogP contribution in [0.2, 0.25) is 10.0 Å². The van der Waals surface area contributed by atoms with Gasteiger partial charge in [-0.1, -0.05) is 107 Å². The van der Waals surface area contributed by atoms with Gasteiger partial charge in [0.2, 0.25) is 5.91 Å². The second-order valence-electron chi connectivity index (χ2n) is 15.0. The molecule has 282 valence electrons. The molecule has 3 amide bonds. The fourth-order valence-electron chi connectivity index (χ4n) is 7.53. The number of halogens is 2. The summed E-state index contributed by atoms with van der Waals surface area (Å²) >= 11 is 12.1. The number of benzene rings is 1. The van der Waals surface area contributed by atoms with Crippen molar-refractivity contribution < 1.29 is 24.2 Å². The maximum absolute atomic E-state index is 13.8. The zero-order valence-corrected chi connectivity index (χ0v) is 32.1. The van der Waals surface area contributed by atoms with Gasteiger partial charge in [0.25, 0.3) is 0 Å². The molecule has 1 spiro atoms. The first-order chi connectivity index (χ1) is 24.1. The van der Waals surface area contributed by atoms with Crippen LogP contribution in [-0.2, 0) is 14.3 Å². The molecule has 1 aromatic rings. The minimum atomic E-state index is -0.693. The van der Waals surface area contributed by atoms with Crippen molar-refractivity contribution in [3.8, 4) is 0 Å². The number of piperidine rings is 1. The van der Waals surface area contributed by atoms with Crippen molar-refractivity contribution in [3.63, 3.8) is 0 Å². The molecule has 2 N–H and O–H groups in total. The van der Waals surface area contributed by atoms with Crippen molar-refractivity contribution in [2.45, 2.75) is 148 Å². The fraction of sp³-hybridized carbons (Fsp3) is 0.769. The zero-order valence-electron chi connectivity index (χ0n) is 30.6. The van der Waals surface area contributed by atoms with Crippen molar-refractivity contribution in [2.24, 2.45) is 5.41 Å². The van der Waals surface area contributed by atoms with Gasteiger partial charge >= 0.3 is 12.0 Å². The van der Waals surface area contributed by atoms with E-state index in [-0.39, 0.29) is 42.1 Å². The number of hydrogen-bond acceptors (Lipinski definition) is 6. The molecule has 50 heavy (non-hydrogen) atoms. The predicted octanol–water partition coefficient (Wildman–Crippen LogP) is 8.69. The van der Waals surface area contributed by atoms with E-state index < -0.39 is 6.04 Å². The largest absolute Gasteiger partial charge is 0.463 e. The van der Waals surface area contributed by atoms with Crippen LogP contribution >= 0.6 is 23.2 Å². The van der Waals surface area contributed by atoms with E-state index >= 15 is 0 Å². The standard InChI is InChI=1S/C39H62Cl2N4O5/c1-3-4-5-6-7-8-9-10-11-12-13-14-15-16-36(47)50-29-32(19-23-43-24-22-39(20-21-39)35(46)28-43)45-26-25-44(30(2)37(45)48)38(49)42-31-17-18-33(40)34(41)27-31/h17-18,27,30,32,35,46H,3-16,19-26,28-29H2,1-2H3,(H,42,49)/t30-,32-,35+/m0/s1. The van der Waals surface area contributed by atoms with Gasteiger partial charge in [-0.2, -0.15) is 0 Å². The Hall–Kier alpha value is -2.07. The Morgan fingerprint density at radius 1 is 0.920 bits per heavy atom. The third kappa shape index (κ3) is 12.6. The Labute approximate surface area is 310 Å². The average Bonchev–Trinajstić information content (AvgIpc) is 3.88. The Morgan fingerprint density at radius 3 is 2.16 bits per heavy atom. The van der Waals surface area contributed by atoms with Crippen LogP contribution in [0.4, 0.5) is 10.5 Å². The summed E-state index contributed by atoms with van der Waals surface area (Å²) in [7, 11) is 0. The number of esters is 1. The van der Waals surface area contributed by atoms with Gasteiger partial charge in [-0.05, 0) is 69.2 Å². The van der Waals surface area contributed by atoms with E-state index in [9.17, 15) is 19.5 Å². The number of hydrogen-bond donors (Lipinski definition) is 2. The number of likely N-dealkylation sites (tertiary alicyclic amines) is 1. The van der Waals surface area contributed by atoms with Crippen LogP contribution in [0.5, 0.6) is 0 Å². The first-order valence-electron chi connectivity index (χ1n) is 19.5. The molecule has 3 fully saturated rings. The van der Waals surface area contributed by atoms with Crippen molar-refractivity contribution in [1.82, 2.24) is 14.7 Å². The third-order valence-corrected chi connectivity index (χ3v) is 12.0. The summed E-state index contributed by atoms with van der Waals surface area (Å²) in [5, 5.41) is 14.3.